The Morgan fingerprint density at radius 1 is 0.472 bits per heavy atom. The van der Waals surface area contributed by atoms with Gasteiger partial charge in [-0.05, 0) is 33.1 Å². The van der Waals surface area contributed by atoms with Crippen LogP contribution in [-0.4, -0.2) is 28.6 Å². The quantitative estimate of drug-likeness (QED) is 0.103. The lowest BCUT2D eigenvalue weighted by atomic mass is 10.0. The maximum Gasteiger partial charge on any atom is 0.101 e. The monoisotopic (exact) mass is 505 g/mol. The molecule has 0 amide bonds. The van der Waals surface area contributed by atoms with E-state index < -0.39 is 0 Å². The smallest absolute Gasteiger partial charge is 0.101 e. The predicted octanol–water partition coefficient (Wildman–Crippen LogP) is 11.6. The van der Waals surface area contributed by atoms with Crippen LogP contribution in [0, 0.1) is 0 Å². The summed E-state index contributed by atoms with van der Waals surface area (Å²) in [5.41, 5.74) is 0. The Labute approximate surface area is 229 Å². The van der Waals surface area contributed by atoms with Crippen LogP contribution in [0.25, 0.3) is 0 Å². The lowest BCUT2D eigenvalue weighted by molar-refractivity contribution is 0.114. The molecule has 0 spiro atoms. The van der Waals surface area contributed by atoms with Crippen molar-refractivity contribution in [3.8, 4) is 0 Å². The molecule has 0 saturated heterocycles. The van der Waals surface area contributed by atoms with E-state index in [1.807, 2.05) is 0 Å². The Morgan fingerprint density at radius 2 is 0.833 bits per heavy atom. The molecule has 1 atom stereocenters. The van der Waals surface area contributed by atoms with Gasteiger partial charge in [0, 0.05) is 25.0 Å². The van der Waals surface area contributed by atoms with Crippen molar-refractivity contribution >= 4 is 0 Å². The summed E-state index contributed by atoms with van der Waals surface area (Å²) in [6.07, 6.45) is 41.2. The summed E-state index contributed by atoms with van der Waals surface area (Å²) in [6.45, 7) is 10.6. The fraction of sp³-hybridized carbons (Fsp3) is 0.941. The van der Waals surface area contributed by atoms with E-state index in [0.29, 0.717) is 12.2 Å². The minimum Gasteiger partial charge on any atom is -0.356 e. The SMILES string of the molecule is CCCCCCCCCCCCCCCCCN1C=CN(C(C)C)C1CCCCCCCCCCC. The highest BCUT2D eigenvalue weighted by atomic mass is 15.4. The third-order valence-electron chi connectivity index (χ3n) is 8.34. The van der Waals surface area contributed by atoms with Crippen molar-refractivity contribution < 1.29 is 0 Å². The van der Waals surface area contributed by atoms with Crippen LogP contribution in [0.2, 0.25) is 0 Å². The van der Waals surface area contributed by atoms with E-state index >= 15 is 0 Å². The molecule has 0 aromatic rings. The summed E-state index contributed by atoms with van der Waals surface area (Å²) in [5, 5.41) is 0. The summed E-state index contributed by atoms with van der Waals surface area (Å²) in [5.74, 6) is 0. The van der Waals surface area contributed by atoms with Crippen molar-refractivity contribution in [2.75, 3.05) is 6.54 Å². The minimum absolute atomic E-state index is 0.607. The zero-order chi connectivity index (χ0) is 26.1. The molecular formula is C34H68N2. The number of hydrogen-bond donors (Lipinski definition) is 0. The summed E-state index contributed by atoms with van der Waals surface area (Å²) >= 11 is 0. The Kier molecular flexibility index (Phi) is 22.9. The fourth-order valence-electron chi connectivity index (χ4n) is 5.89. The maximum atomic E-state index is 2.66. The van der Waals surface area contributed by atoms with E-state index in [0.717, 1.165) is 0 Å². The number of unbranched alkanes of at least 4 members (excludes halogenated alkanes) is 22. The van der Waals surface area contributed by atoms with Gasteiger partial charge in [-0.25, -0.2) is 0 Å². The van der Waals surface area contributed by atoms with Crippen LogP contribution in [0.4, 0.5) is 0 Å². The van der Waals surface area contributed by atoms with Crippen molar-refractivity contribution in [3.05, 3.63) is 12.4 Å². The van der Waals surface area contributed by atoms with Crippen molar-refractivity contribution in [1.29, 1.82) is 0 Å². The summed E-state index contributed by atoms with van der Waals surface area (Å²) in [6, 6.07) is 0.607. The third-order valence-corrected chi connectivity index (χ3v) is 8.34. The summed E-state index contributed by atoms with van der Waals surface area (Å²) < 4.78 is 0. The molecule has 0 aromatic heterocycles. The molecule has 1 heterocycles. The molecule has 0 fully saturated rings. The zero-order valence-corrected chi connectivity index (χ0v) is 25.6. The first kappa shape index (κ1) is 33.4. The van der Waals surface area contributed by atoms with E-state index in [4.69, 9.17) is 0 Å². The molecular weight excluding hydrogens is 436 g/mol. The highest BCUT2D eigenvalue weighted by Gasteiger charge is 2.26. The van der Waals surface area contributed by atoms with Crippen LogP contribution < -0.4 is 0 Å². The number of rotatable bonds is 27. The molecule has 0 N–H and O–H groups in total. The van der Waals surface area contributed by atoms with E-state index in [2.05, 4.69) is 49.9 Å². The lowest BCUT2D eigenvalue weighted by Crippen LogP contribution is -2.42. The molecule has 0 radical (unpaired) electrons. The van der Waals surface area contributed by atoms with Gasteiger partial charge in [0.1, 0.15) is 6.17 Å². The average molecular weight is 505 g/mol. The van der Waals surface area contributed by atoms with Gasteiger partial charge < -0.3 is 9.80 Å². The van der Waals surface area contributed by atoms with E-state index in [-0.39, 0.29) is 0 Å². The summed E-state index contributed by atoms with van der Waals surface area (Å²) in [7, 11) is 0. The van der Waals surface area contributed by atoms with Gasteiger partial charge >= 0.3 is 0 Å². The first-order chi connectivity index (χ1) is 17.7. The van der Waals surface area contributed by atoms with Crippen LogP contribution in [0.5, 0.6) is 0 Å². The molecule has 0 saturated carbocycles. The molecule has 2 nitrogen and oxygen atoms in total. The van der Waals surface area contributed by atoms with Crippen molar-refractivity contribution in [1.82, 2.24) is 9.80 Å². The van der Waals surface area contributed by atoms with Gasteiger partial charge in [0.05, 0.1) is 0 Å². The highest BCUT2D eigenvalue weighted by molar-refractivity contribution is 4.98. The van der Waals surface area contributed by atoms with E-state index in [1.165, 1.54) is 167 Å². The maximum absolute atomic E-state index is 2.66. The summed E-state index contributed by atoms with van der Waals surface area (Å²) in [4.78, 5) is 5.27. The second-order valence-electron chi connectivity index (χ2n) is 12.1. The van der Waals surface area contributed by atoms with Crippen molar-refractivity contribution in [2.24, 2.45) is 0 Å². The van der Waals surface area contributed by atoms with Crippen LogP contribution in [0.15, 0.2) is 12.4 Å². The Balaban J connectivity index is 2.01. The van der Waals surface area contributed by atoms with Crippen molar-refractivity contribution in [3.63, 3.8) is 0 Å². The van der Waals surface area contributed by atoms with Gasteiger partial charge in [0.15, 0.2) is 0 Å². The second-order valence-corrected chi connectivity index (χ2v) is 12.1. The molecule has 1 aliphatic rings. The average Bonchev–Trinajstić information content (AvgIpc) is 3.28. The molecule has 1 unspecified atom stereocenters. The molecule has 214 valence electrons. The van der Waals surface area contributed by atoms with Gasteiger partial charge in [-0.15, -0.1) is 0 Å². The van der Waals surface area contributed by atoms with Crippen LogP contribution in [0.1, 0.15) is 188 Å². The molecule has 1 rings (SSSR count). The van der Waals surface area contributed by atoms with Gasteiger partial charge in [0.2, 0.25) is 0 Å². The molecule has 1 aliphatic heterocycles. The molecule has 0 aromatic carbocycles. The van der Waals surface area contributed by atoms with E-state index in [1.54, 1.807) is 0 Å². The van der Waals surface area contributed by atoms with Crippen molar-refractivity contribution in [2.45, 2.75) is 200 Å². The van der Waals surface area contributed by atoms with Gasteiger partial charge in [0.25, 0.3) is 0 Å². The molecule has 2 heteroatoms. The third kappa shape index (κ3) is 17.7. The van der Waals surface area contributed by atoms with Gasteiger partial charge in [-0.2, -0.15) is 0 Å². The molecule has 0 bridgehead atoms. The predicted molar refractivity (Wildman–Crippen MR) is 163 cm³/mol. The topological polar surface area (TPSA) is 6.48 Å². The van der Waals surface area contributed by atoms with Gasteiger partial charge in [-0.3, -0.25) is 0 Å². The first-order valence-corrected chi connectivity index (χ1v) is 16.9. The van der Waals surface area contributed by atoms with Crippen LogP contribution >= 0.6 is 0 Å². The highest BCUT2D eigenvalue weighted by Crippen LogP contribution is 2.25. The Morgan fingerprint density at radius 3 is 1.22 bits per heavy atom. The largest absolute Gasteiger partial charge is 0.356 e. The van der Waals surface area contributed by atoms with Crippen LogP contribution in [0.3, 0.4) is 0 Å². The normalized spacial score (nSPS) is 15.6. The molecule has 36 heavy (non-hydrogen) atoms. The standard InChI is InChI=1S/C34H68N2/c1-5-7-9-11-13-15-16-17-18-19-20-22-24-26-28-30-35-31-32-36(33(3)4)34(35)29-27-25-23-21-14-12-10-8-6-2/h31-34H,5-30H2,1-4H3. The van der Waals surface area contributed by atoms with Gasteiger partial charge in [-0.1, -0.05) is 155 Å². The second kappa shape index (κ2) is 24.7. The van der Waals surface area contributed by atoms with E-state index in [9.17, 15) is 0 Å². The lowest BCUT2D eigenvalue weighted by Gasteiger charge is -2.35. The Hall–Kier alpha value is -0.660. The number of hydrogen-bond acceptors (Lipinski definition) is 2. The van der Waals surface area contributed by atoms with Crippen LogP contribution in [-0.2, 0) is 0 Å². The minimum atomic E-state index is 0.607. The first-order valence-electron chi connectivity index (χ1n) is 16.9. The number of nitrogens with zero attached hydrogens (tertiary/aromatic N) is 2. The zero-order valence-electron chi connectivity index (χ0n) is 25.6. The Bertz CT molecular complexity index is 472. The molecule has 0 aliphatic carbocycles. The fourth-order valence-corrected chi connectivity index (χ4v) is 5.89.